The molecule has 1 aromatic heterocycles. The Morgan fingerprint density at radius 1 is 1.47 bits per heavy atom. The van der Waals surface area contributed by atoms with Crippen LogP contribution in [0.2, 0.25) is 0 Å². The highest BCUT2D eigenvalue weighted by molar-refractivity contribution is 5.14. The van der Waals surface area contributed by atoms with Gasteiger partial charge in [0.15, 0.2) is 0 Å². The highest BCUT2D eigenvalue weighted by Gasteiger charge is 2.22. The number of pyridine rings is 1. The number of aromatic amines is 1. The van der Waals surface area contributed by atoms with Gasteiger partial charge in [0.05, 0.1) is 0 Å². The lowest BCUT2D eigenvalue weighted by Crippen LogP contribution is -2.33. The van der Waals surface area contributed by atoms with Crippen LogP contribution in [-0.4, -0.2) is 23.0 Å². The van der Waals surface area contributed by atoms with E-state index in [1.54, 1.807) is 6.07 Å². The minimum absolute atomic E-state index is 0.0161. The SMILES string of the molecule is CCN1CCCC[C@H]1c1ccc(=O)[nH]c1. The van der Waals surface area contributed by atoms with E-state index < -0.39 is 0 Å². The number of piperidine rings is 1. The summed E-state index contributed by atoms with van der Waals surface area (Å²) in [5, 5.41) is 0. The van der Waals surface area contributed by atoms with Crippen molar-refractivity contribution in [3.63, 3.8) is 0 Å². The van der Waals surface area contributed by atoms with Crippen LogP contribution in [0.15, 0.2) is 23.1 Å². The summed E-state index contributed by atoms with van der Waals surface area (Å²) in [6.45, 7) is 4.47. The number of rotatable bonds is 2. The molecule has 1 atom stereocenters. The first-order valence-electron chi connectivity index (χ1n) is 5.74. The largest absolute Gasteiger partial charge is 0.329 e. The fourth-order valence-electron chi connectivity index (χ4n) is 2.38. The number of nitrogens with one attached hydrogen (secondary N) is 1. The standard InChI is InChI=1S/C12H18N2O/c1-2-14-8-4-3-5-11(14)10-6-7-12(15)13-9-10/h6-7,9,11H,2-5,8H2,1H3,(H,13,15)/t11-/m0/s1. The van der Waals surface area contributed by atoms with E-state index in [1.807, 2.05) is 12.3 Å². The molecular weight excluding hydrogens is 188 g/mol. The van der Waals surface area contributed by atoms with Gasteiger partial charge in [-0.25, -0.2) is 0 Å². The molecule has 1 saturated heterocycles. The van der Waals surface area contributed by atoms with E-state index in [9.17, 15) is 4.79 Å². The van der Waals surface area contributed by atoms with Gasteiger partial charge in [-0.2, -0.15) is 0 Å². The average Bonchev–Trinajstić information content (AvgIpc) is 2.30. The Morgan fingerprint density at radius 2 is 2.33 bits per heavy atom. The van der Waals surface area contributed by atoms with Crippen LogP contribution in [0.1, 0.15) is 37.8 Å². The summed E-state index contributed by atoms with van der Waals surface area (Å²) in [5.74, 6) is 0. The van der Waals surface area contributed by atoms with Crippen molar-refractivity contribution in [2.75, 3.05) is 13.1 Å². The maximum Gasteiger partial charge on any atom is 0.247 e. The Balaban J connectivity index is 2.20. The van der Waals surface area contributed by atoms with Gasteiger partial charge in [0.2, 0.25) is 5.56 Å². The topological polar surface area (TPSA) is 36.1 Å². The number of hydrogen-bond acceptors (Lipinski definition) is 2. The molecular formula is C12H18N2O. The lowest BCUT2D eigenvalue weighted by atomic mass is 9.96. The van der Waals surface area contributed by atoms with Crippen LogP contribution in [0.5, 0.6) is 0 Å². The zero-order chi connectivity index (χ0) is 10.7. The molecule has 1 aromatic rings. The molecule has 2 rings (SSSR count). The first-order chi connectivity index (χ1) is 7.31. The van der Waals surface area contributed by atoms with Gasteiger partial charge in [0.1, 0.15) is 0 Å². The molecule has 0 amide bonds. The molecule has 0 spiro atoms. The van der Waals surface area contributed by atoms with Gasteiger partial charge in [0.25, 0.3) is 0 Å². The molecule has 3 nitrogen and oxygen atoms in total. The van der Waals surface area contributed by atoms with Crippen molar-refractivity contribution in [2.24, 2.45) is 0 Å². The average molecular weight is 206 g/mol. The van der Waals surface area contributed by atoms with E-state index in [-0.39, 0.29) is 5.56 Å². The normalized spacial score (nSPS) is 22.9. The molecule has 0 unspecified atom stereocenters. The monoisotopic (exact) mass is 206 g/mol. The van der Waals surface area contributed by atoms with Crippen LogP contribution in [0.3, 0.4) is 0 Å². The second kappa shape index (κ2) is 4.62. The lowest BCUT2D eigenvalue weighted by Gasteiger charge is -2.34. The number of likely N-dealkylation sites (tertiary alicyclic amines) is 1. The molecule has 82 valence electrons. The fourth-order valence-corrected chi connectivity index (χ4v) is 2.38. The van der Waals surface area contributed by atoms with Gasteiger partial charge in [-0.15, -0.1) is 0 Å². The maximum atomic E-state index is 11.0. The van der Waals surface area contributed by atoms with Crippen molar-refractivity contribution in [2.45, 2.75) is 32.2 Å². The van der Waals surface area contributed by atoms with Gasteiger partial charge in [-0.1, -0.05) is 19.4 Å². The molecule has 1 N–H and O–H groups in total. The fraction of sp³-hybridized carbons (Fsp3) is 0.583. The predicted molar refractivity (Wildman–Crippen MR) is 60.9 cm³/mol. The summed E-state index contributed by atoms with van der Waals surface area (Å²) in [6, 6.07) is 4.08. The molecule has 15 heavy (non-hydrogen) atoms. The van der Waals surface area contributed by atoms with Crippen molar-refractivity contribution in [3.05, 3.63) is 34.2 Å². The summed E-state index contributed by atoms with van der Waals surface area (Å²) >= 11 is 0. The second-order valence-electron chi connectivity index (χ2n) is 4.13. The number of nitrogens with zero attached hydrogens (tertiary/aromatic N) is 1. The Labute approximate surface area is 90.1 Å². The molecule has 0 aromatic carbocycles. The molecule has 0 saturated carbocycles. The van der Waals surface area contributed by atoms with Crippen molar-refractivity contribution >= 4 is 0 Å². The number of H-pyrrole nitrogens is 1. The van der Waals surface area contributed by atoms with Gasteiger partial charge < -0.3 is 4.98 Å². The molecule has 3 heteroatoms. The van der Waals surface area contributed by atoms with Crippen LogP contribution in [0.4, 0.5) is 0 Å². The molecule has 1 aliphatic heterocycles. The van der Waals surface area contributed by atoms with Crippen molar-refractivity contribution < 1.29 is 0 Å². The highest BCUT2D eigenvalue weighted by Crippen LogP contribution is 2.29. The Hall–Kier alpha value is -1.09. The molecule has 0 bridgehead atoms. The smallest absolute Gasteiger partial charge is 0.247 e. The lowest BCUT2D eigenvalue weighted by molar-refractivity contribution is 0.157. The number of aromatic nitrogens is 1. The molecule has 1 fully saturated rings. The van der Waals surface area contributed by atoms with Gasteiger partial charge in [-0.05, 0) is 31.5 Å². The quantitative estimate of drug-likeness (QED) is 0.802. The minimum atomic E-state index is -0.0161. The van der Waals surface area contributed by atoms with Crippen LogP contribution >= 0.6 is 0 Å². The Kier molecular flexibility index (Phi) is 3.21. The van der Waals surface area contributed by atoms with Crippen molar-refractivity contribution in [3.8, 4) is 0 Å². The minimum Gasteiger partial charge on any atom is -0.329 e. The van der Waals surface area contributed by atoms with Crippen LogP contribution < -0.4 is 5.56 Å². The summed E-state index contributed by atoms with van der Waals surface area (Å²) < 4.78 is 0. The predicted octanol–water partition coefficient (Wildman–Crippen LogP) is 1.92. The summed E-state index contributed by atoms with van der Waals surface area (Å²) in [4.78, 5) is 16.2. The van der Waals surface area contributed by atoms with E-state index in [4.69, 9.17) is 0 Å². The van der Waals surface area contributed by atoms with Gasteiger partial charge in [-0.3, -0.25) is 9.69 Å². The van der Waals surface area contributed by atoms with E-state index in [1.165, 1.54) is 31.4 Å². The third kappa shape index (κ3) is 2.29. The van der Waals surface area contributed by atoms with E-state index in [0.29, 0.717) is 6.04 Å². The zero-order valence-electron chi connectivity index (χ0n) is 9.20. The summed E-state index contributed by atoms with van der Waals surface area (Å²) in [7, 11) is 0. The van der Waals surface area contributed by atoms with Gasteiger partial charge in [0, 0.05) is 18.3 Å². The van der Waals surface area contributed by atoms with E-state index in [0.717, 1.165) is 6.54 Å². The molecule has 2 heterocycles. The zero-order valence-corrected chi connectivity index (χ0v) is 9.20. The van der Waals surface area contributed by atoms with Crippen LogP contribution in [0, 0.1) is 0 Å². The van der Waals surface area contributed by atoms with Crippen LogP contribution in [0.25, 0.3) is 0 Å². The Morgan fingerprint density at radius 3 is 3.00 bits per heavy atom. The van der Waals surface area contributed by atoms with Gasteiger partial charge >= 0.3 is 0 Å². The molecule has 0 radical (unpaired) electrons. The second-order valence-corrected chi connectivity index (χ2v) is 4.13. The summed E-state index contributed by atoms with van der Waals surface area (Å²) in [6.07, 6.45) is 5.66. The molecule has 1 aliphatic rings. The highest BCUT2D eigenvalue weighted by atomic mass is 16.1. The van der Waals surface area contributed by atoms with Crippen molar-refractivity contribution in [1.82, 2.24) is 9.88 Å². The summed E-state index contributed by atoms with van der Waals surface area (Å²) in [5.41, 5.74) is 1.23. The third-order valence-corrected chi connectivity index (χ3v) is 3.21. The number of hydrogen-bond donors (Lipinski definition) is 1. The first-order valence-corrected chi connectivity index (χ1v) is 5.74. The van der Waals surface area contributed by atoms with E-state index in [2.05, 4.69) is 16.8 Å². The van der Waals surface area contributed by atoms with Crippen molar-refractivity contribution in [1.29, 1.82) is 0 Å². The maximum absolute atomic E-state index is 11.0. The van der Waals surface area contributed by atoms with Crippen LogP contribution in [-0.2, 0) is 0 Å². The molecule has 0 aliphatic carbocycles. The first kappa shape index (κ1) is 10.4. The Bertz CT molecular complexity index is 352. The third-order valence-electron chi connectivity index (χ3n) is 3.21. The van der Waals surface area contributed by atoms with E-state index >= 15 is 0 Å².